The molecule has 0 spiro atoms. The molecule has 4 atom stereocenters. The van der Waals surface area contributed by atoms with Crippen LogP contribution in [0.15, 0.2) is 100 Å². The predicted octanol–water partition coefficient (Wildman–Crippen LogP) is 0.728. The number of aliphatic hydroxyl groups excluding tert-OH is 2. The number of hydrogen-bond donors (Lipinski definition) is 6. The van der Waals surface area contributed by atoms with Crippen LogP contribution in [0, 0.1) is 0 Å². The van der Waals surface area contributed by atoms with Crippen molar-refractivity contribution in [1.29, 1.82) is 0 Å². The Morgan fingerprint density at radius 1 is 1.00 bits per heavy atom. The molecule has 3 unspecified atom stereocenters. The molecule has 0 amide bonds. The third-order valence-corrected chi connectivity index (χ3v) is 9.44. The summed E-state index contributed by atoms with van der Waals surface area (Å²) < 4.78 is 49.2. The molecule has 0 saturated carbocycles. The molecule has 2 aliphatic heterocycles. The first-order valence-corrected chi connectivity index (χ1v) is 18.0. The van der Waals surface area contributed by atoms with Gasteiger partial charge in [-0.1, -0.05) is 36.4 Å². The predicted molar refractivity (Wildman–Crippen MR) is 191 cm³/mol. The van der Waals surface area contributed by atoms with Crippen molar-refractivity contribution >= 4 is 48.7 Å². The van der Waals surface area contributed by atoms with Crippen molar-refractivity contribution in [2.24, 2.45) is 0 Å². The Kier molecular flexibility index (Phi) is 10.3. The Hall–Kier alpha value is -6.91. The van der Waals surface area contributed by atoms with Crippen molar-refractivity contribution in [2.45, 2.75) is 24.4 Å². The molecule has 7 rings (SSSR count). The first-order chi connectivity index (χ1) is 27.3. The van der Waals surface area contributed by atoms with Gasteiger partial charge in [0.1, 0.15) is 25.9 Å². The summed E-state index contributed by atoms with van der Waals surface area (Å²) in [4.78, 5) is 80.5. The highest BCUT2D eigenvalue weighted by atomic mass is 31.2. The van der Waals surface area contributed by atoms with Gasteiger partial charge in [0.05, 0.1) is 11.1 Å². The lowest BCUT2D eigenvalue weighted by Crippen LogP contribution is -2.38. The summed E-state index contributed by atoms with van der Waals surface area (Å²) in [5.41, 5.74) is 7.01. The highest BCUT2D eigenvalue weighted by Gasteiger charge is 2.53. The third-order valence-electron chi connectivity index (χ3n) is 8.40. The maximum atomic E-state index is 13.8. The minimum Gasteiger partial charge on any atom is -0.505 e. The number of benzene rings is 2. The Labute approximate surface area is 318 Å². The maximum Gasteiger partial charge on any atom is 0.473 e. The van der Waals surface area contributed by atoms with Gasteiger partial charge in [0.25, 0.3) is 5.56 Å². The number of carbonyl (C=O) groups is 2. The lowest BCUT2D eigenvalue weighted by molar-refractivity contribution is -0.0372. The van der Waals surface area contributed by atoms with Crippen molar-refractivity contribution < 1.29 is 57.3 Å². The lowest BCUT2D eigenvalue weighted by Gasteiger charge is -2.30. The van der Waals surface area contributed by atoms with E-state index in [1.807, 2.05) is 0 Å². The summed E-state index contributed by atoms with van der Waals surface area (Å²) in [6, 6.07) is 15.2. The monoisotopic (exact) mass is 807 g/mol. The molecule has 5 heterocycles. The number of phosphoric acid groups is 1. The number of nitrogens with two attached hydrogens (primary N) is 2. The second-order valence-corrected chi connectivity index (χ2v) is 13.5. The molecule has 0 aliphatic carbocycles. The van der Waals surface area contributed by atoms with Crippen LogP contribution in [0.5, 0.6) is 0 Å². The SMILES string of the molecule is Nc1ncn(C2=C(OC(=O)c3ccccc3)C(CCO)(OP(=O)(O)OCC3=C(O)C(OC(=O)c4ccccc4)[C@H](n4cnc5c(=O)[nH]c(N)nc54)O3)CO2)c(=O)n1. The van der Waals surface area contributed by atoms with Crippen LogP contribution in [0.4, 0.5) is 11.9 Å². The van der Waals surface area contributed by atoms with Gasteiger partial charge < -0.3 is 45.5 Å². The number of nitrogens with one attached hydrogen (secondary N) is 1. The van der Waals surface area contributed by atoms with Crippen LogP contribution in [-0.2, 0) is 32.6 Å². The molecule has 0 saturated heterocycles. The minimum absolute atomic E-state index is 0.0181. The van der Waals surface area contributed by atoms with Crippen molar-refractivity contribution in [1.82, 2.24) is 34.1 Å². The first kappa shape index (κ1) is 38.4. The molecular weight excluding hydrogens is 777 g/mol. The smallest absolute Gasteiger partial charge is 0.473 e. The zero-order valence-electron chi connectivity index (χ0n) is 29.0. The molecule has 8 N–H and O–H groups in total. The average Bonchev–Trinajstić information content (AvgIpc) is 3.85. The number of esters is 2. The Bertz CT molecular complexity index is 2600. The van der Waals surface area contributed by atoms with Crippen LogP contribution in [-0.4, -0.2) is 92.6 Å². The summed E-state index contributed by atoms with van der Waals surface area (Å²) in [6.07, 6.45) is -1.76. The normalized spacial score (nSPS) is 20.2. The van der Waals surface area contributed by atoms with Gasteiger partial charge in [-0.2, -0.15) is 9.97 Å². The van der Waals surface area contributed by atoms with Crippen LogP contribution < -0.4 is 22.7 Å². The molecular formula is C33H30N9O14P. The van der Waals surface area contributed by atoms with Crippen molar-refractivity contribution in [3.63, 3.8) is 0 Å². The summed E-state index contributed by atoms with van der Waals surface area (Å²) in [5, 5.41) is 21.4. The Morgan fingerprint density at radius 3 is 2.35 bits per heavy atom. The van der Waals surface area contributed by atoms with E-state index in [-0.39, 0.29) is 28.2 Å². The van der Waals surface area contributed by atoms with Gasteiger partial charge in [-0.25, -0.2) is 33.5 Å². The van der Waals surface area contributed by atoms with E-state index in [4.69, 9.17) is 39.5 Å². The molecule has 57 heavy (non-hydrogen) atoms. The first-order valence-electron chi connectivity index (χ1n) is 16.5. The molecule has 24 heteroatoms. The van der Waals surface area contributed by atoms with E-state index in [1.165, 1.54) is 36.4 Å². The highest BCUT2D eigenvalue weighted by Crippen LogP contribution is 2.54. The molecule has 3 aromatic heterocycles. The number of imidazole rings is 1. The van der Waals surface area contributed by atoms with Crippen LogP contribution in [0.25, 0.3) is 17.0 Å². The fourth-order valence-electron chi connectivity index (χ4n) is 5.78. The topological polar surface area (TPSA) is 331 Å². The van der Waals surface area contributed by atoms with Crippen molar-refractivity contribution in [3.8, 4) is 0 Å². The van der Waals surface area contributed by atoms with E-state index in [0.29, 0.717) is 4.57 Å². The largest absolute Gasteiger partial charge is 0.505 e. The highest BCUT2D eigenvalue weighted by molar-refractivity contribution is 7.47. The summed E-state index contributed by atoms with van der Waals surface area (Å²) >= 11 is 0. The summed E-state index contributed by atoms with van der Waals surface area (Å²) in [6.45, 7) is -2.51. The van der Waals surface area contributed by atoms with E-state index < -0.39 is 104 Å². The number of anilines is 2. The van der Waals surface area contributed by atoms with E-state index in [9.17, 15) is 38.8 Å². The summed E-state index contributed by atoms with van der Waals surface area (Å²) in [5.74, 6) is -5.11. The van der Waals surface area contributed by atoms with Gasteiger partial charge >= 0.3 is 25.5 Å². The number of fused-ring (bicyclic) bond motifs is 1. The second kappa shape index (κ2) is 15.3. The average molecular weight is 808 g/mol. The van der Waals surface area contributed by atoms with Crippen LogP contribution in [0.1, 0.15) is 33.4 Å². The number of nitrogen functional groups attached to an aromatic ring is 2. The number of nitrogens with zero attached hydrogens (tertiary/aromatic N) is 6. The number of ether oxygens (including phenoxy) is 4. The number of hydrogen-bond acceptors (Lipinski definition) is 19. The van der Waals surface area contributed by atoms with Crippen LogP contribution in [0.3, 0.4) is 0 Å². The van der Waals surface area contributed by atoms with Crippen LogP contribution >= 0.6 is 7.82 Å². The molecule has 5 aromatic rings. The molecule has 296 valence electrons. The van der Waals surface area contributed by atoms with Crippen molar-refractivity contribution in [3.05, 3.63) is 123 Å². The number of carbonyl (C=O) groups excluding carboxylic acids is 2. The third kappa shape index (κ3) is 7.68. The number of H-pyrrole nitrogens is 1. The van der Waals surface area contributed by atoms with Gasteiger partial charge in [-0.3, -0.25) is 23.4 Å². The lowest BCUT2D eigenvalue weighted by atomic mass is 10.00. The summed E-state index contributed by atoms with van der Waals surface area (Å²) in [7, 11) is -5.42. The number of phosphoric ester groups is 1. The fourth-order valence-corrected chi connectivity index (χ4v) is 6.78. The van der Waals surface area contributed by atoms with Crippen molar-refractivity contribution in [2.75, 3.05) is 31.3 Å². The number of rotatable bonds is 13. The van der Waals surface area contributed by atoms with Gasteiger partial charge in [0.2, 0.25) is 35.9 Å². The quantitative estimate of drug-likeness (QED) is 0.0705. The zero-order chi connectivity index (χ0) is 40.5. The van der Waals surface area contributed by atoms with E-state index >= 15 is 0 Å². The fraction of sp³-hybridized carbons (Fsp3) is 0.212. The number of aromatic nitrogens is 7. The molecule has 2 aromatic carbocycles. The number of aromatic amines is 1. The zero-order valence-corrected chi connectivity index (χ0v) is 29.9. The van der Waals surface area contributed by atoms with E-state index in [1.54, 1.807) is 24.3 Å². The molecule has 2 aliphatic rings. The van der Waals surface area contributed by atoms with Crippen LogP contribution in [0.2, 0.25) is 0 Å². The van der Waals surface area contributed by atoms with Gasteiger partial charge in [0, 0.05) is 13.0 Å². The minimum atomic E-state index is -5.42. The molecule has 0 radical (unpaired) electrons. The van der Waals surface area contributed by atoms with Gasteiger partial charge in [-0.05, 0) is 24.3 Å². The van der Waals surface area contributed by atoms with E-state index in [2.05, 4.69) is 24.9 Å². The Morgan fingerprint density at radius 2 is 1.68 bits per heavy atom. The standard InChI is InChI=1S/C33H30N9O14P/c34-30-37-16-42(32(48)40-30)27-23(55-29(47)18-9-5-2-6-10-18)33(11-12-43,14-51-27)56-57(49,50)52-13-19-21(44)22(54-28(46)17-7-3-1-4-8-17)26(53-19)41-15-36-20-24(41)38-31(35)39-25(20)45/h1-10,15-16,22,26,43-44H,11-14H2,(H,49,50)(H2,34,40,48)(H3,35,38,39,45)/t22?,26-,33?/m1/s1. The van der Waals surface area contributed by atoms with Gasteiger partial charge in [0.15, 0.2) is 28.3 Å². The van der Waals surface area contributed by atoms with E-state index in [0.717, 1.165) is 17.2 Å². The molecule has 0 fully saturated rings. The maximum absolute atomic E-state index is 13.8. The molecule has 23 nitrogen and oxygen atoms in total. The Balaban J connectivity index is 1.20. The molecule has 0 bridgehead atoms. The second-order valence-electron chi connectivity index (χ2n) is 12.1. The number of aliphatic hydroxyl groups is 2. The van der Waals surface area contributed by atoms with Gasteiger partial charge in [-0.15, -0.1) is 0 Å².